The second-order valence-electron chi connectivity index (χ2n) is 9.11. The van der Waals surface area contributed by atoms with Crippen LogP contribution in [0.4, 0.5) is 5.82 Å². The van der Waals surface area contributed by atoms with E-state index >= 15 is 0 Å². The third-order valence-corrected chi connectivity index (χ3v) is 7.41. The van der Waals surface area contributed by atoms with Gasteiger partial charge in [-0.1, -0.05) is 42.5 Å². The maximum absolute atomic E-state index is 13.0. The number of aromatic nitrogens is 2. The Labute approximate surface area is 210 Å². The molecule has 0 saturated heterocycles. The first-order valence-electron chi connectivity index (χ1n) is 12.1. The summed E-state index contributed by atoms with van der Waals surface area (Å²) in [4.78, 5) is 19.1. The predicted octanol–water partition coefficient (Wildman–Crippen LogP) is 5.34. The fraction of sp³-hybridized carbons (Fsp3) is 0.286. The van der Waals surface area contributed by atoms with Crippen LogP contribution in [0.3, 0.4) is 0 Å². The van der Waals surface area contributed by atoms with E-state index in [0.717, 1.165) is 48.4 Å². The molecular formula is C28H31N5OS. The second kappa shape index (κ2) is 10.5. The van der Waals surface area contributed by atoms with Crippen LogP contribution in [-0.4, -0.2) is 33.6 Å². The lowest BCUT2D eigenvalue weighted by atomic mass is 9.91. The molecule has 4 N–H and O–H groups in total. The summed E-state index contributed by atoms with van der Waals surface area (Å²) in [6.45, 7) is 0.677. The molecule has 2 heterocycles. The molecule has 180 valence electrons. The van der Waals surface area contributed by atoms with Crippen molar-refractivity contribution in [3.8, 4) is 11.3 Å². The van der Waals surface area contributed by atoms with Crippen LogP contribution in [0.15, 0.2) is 77.8 Å². The number of hydrogen-bond donors (Lipinski definition) is 3. The third kappa shape index (κ3) is 5.36. The van der Waals surface area contributed by atoms with Crippen molar-refractivity contribution in [3.63, 3.8) is 0 Å². The van der Waals surface area contributed by atoms with Crippen LogP contribution >= 0.6 is 11.8 Å². The Kier molecular flexibility index (Phi) is 7.06. The molecule has 0 atom stereocenters. The van der Waals surface area contributed by atoms with Crippen molar-refractivity contribution < 1.29 is 4.79 Å². The van der Waals surface area contributed by atoms with E-state index in [1.807, 2.05) is 40.9 Å². The van der Waals surface area contributed by atoms with Crippen molar-refractivity contribution in [2.75, 3.05) is 11.6 Å². The van der Waals surface area contributed by atoms with E-state index in [-0.39, 0.29) is 18.0 Å². The molecule has 0 unspecified atom stereocenters. The van der Waals surface area contributed by atoms with Gasteiger partial charge in [0.25, 0.3) is 5.91 Å². The quantitative estimate of drug-likeness (QED) is 0.308. The maximum atomic E-state index is 13.0. The lowest BCUT2D eigenvalue weighted by molar-refractivity contribution is 0.0926. The number of pyridine rings is 1. The summed E-state index contributed by atoms with van der Waals surface area (Å²) in [6.07, 6.45) is 7.78. The predicted molar refractivity (Wildman–Crippen MR) is 144 cm³/mol. The number of hydrogen-bond acceptors (Lipinski definition) is 5. The lowest BCUT2D eigenvalue weighted by Gasteiger charge is -2.26. The number of fused-ring (bicyclic) bond motifs is 1. The van der Waals surface area contributed by atoms with Crippen molar-refractivity contribution in [2.45, 2.75) is 49.2 Å². The second-order valence-corrected chi connectivity index (χ2v) is 9.99. The van der Waals surface area contributed by atoms with Gasteiger partial charge in [0.1, 0.15) is 17.2 Å². The zero-order valence-corrected chi connectivity index (χ0v) is 20.7. The SMILES string of the molecule is CSc1ccc(-c2nc3cc(C(=O)NC4CCC(N)CC4)ccn3c2NCc2ccccc2)cc1. The topological polar surface area (TPSA) is 84.5 Å². The zero-order valence-electron chi connectivity index (χ0n) is 19.9. The van der Waals surface area contributed by atoms with Crippen molar-refractivity contribution in [1.82, 2.24) is 14.7 Å². The number of anilines is 1. The van der Waals surface area contributed by atoms with E-state index in [1.165, 1.54) is 10.5 Å². The summed E-state index contributed by atoms with van der Waals surface area (Å²) in [5.41, 5.74) is 10.5. The van der Waals surface area contributed by atoms with E-state index in [4.69, 9.17) is 10.7 Å². The van der Waals surface area contributed by atoms with Crippen LogP contribution in [0.1, 0.15) is 41.6 Å². The number of imidazole rings is 1. The number of nitrogens with two attached hydrogens (primary N) is 1. The molecule has 0 radical (unpaired) electrons. The molecular weight excluding hydrogens is 454 g/mol. The molecule has 0 spiro atoms. The summed E-state index contributed by atoms with van der Waals surface area (Å²) in [5, 5.41) is 6.76. The number of carbonyl (C=O) groups is 1. The average Bonchev–Trinajstić information content (AvgIpc) is 3.27. The van der Waals surface area contributed by atoms with E-state index in [9.17, 15) is 4.79 Å². The van der Waals surface area contributed by atoms with Gasteiger partial charge in [-0.3, -0.25) is 9.20 Å². The molecule has 1 amide bonds. The maximum Gasteiger partial charge on any atom is 0.251 e. The standard InChI is InChI=1S/C28H31N5OS/c1-35-24-13-7-20(8-14-24)26-27(30-18-19-5-3-2-4-6-19)33-16-15-21(17-25(33)32-26)28(34)31-23-11-9-22(29)10-12-23/h2-8,13-17,22-23,30H,9-12,18,29H2,1H3,(H,31,34). The van der Waals surface area contributed by atoms with Crippen LogP contribution in [0, 0.1) is 0 Å². The first-order valence-corrected chi connectivity index (χ1v) is 13.3. The largest absolute Gasteiger partial charge is 0.365 e. The lowest BCUT2D eigenvalue weighted by Crippen LogP contribution is -2.40. The molecule has 1 aliphatic carbocycles. The molecule has 6 nitrogen and oxygen atoms in total. The molecule has 2 aromatic carbocycles. The smallest absolute Gasteiger partial charge is 0.251 e. The van der Waals surface area contributed by atoms with Crippen LogP contribution in [-0.2, 0) is 6.54 Å². The van der Waals surface area contributed by atoms with Crippen LogP contribution < -0.4 is 16.4 Å². The van der Waals surface area contributed by atoms with Crippen LogP contribution in [0.5, 0.6) is 0 Å². The Morgan fingerprint density at radius 3 is 2.51 bits per heavy atom. The number of nitrogens with zero attached hydrogens (tertiary/aromatic N) is 2. The summed E-state index contributed by atoms with van der Waals surface area (Å²) in [7, 11) is 0. The highest BCUT2D eigenvalue weighted by Crippen LogP contribution is 2.31. The number of benzene rings is 2. The van der Waals surface area contributed by atoms with Gasteiger partial charge in [-0.05, 0) is 61.8 Å². The monoisotopic (exact) mass is 485 g/mol. The Balaban J connectivity index is 1.45. The van der Waals surface area contributed by atoms with E-state index in [0.29, 0.717) is 12.1 Å². The molecule has 5 rings (SSSR count). The zero-order chi connectivity index (χ0) is 24.2. The normalized spacial score (nSPS) is 17.9. The molecule has 4 aromatic rings. The van der Waals surface area contributed by atoms with Gasteiger partial charge in [0.2, 0.25) is 0 Å². The number of amides is 1. The van der Waals surface area contributed by atoms with Crippen LogP contribution in [0.25, 0.3) is 16.9 Å². The Bertz CT molecular complexity index is 1290. The molecule has 1 fully saturated rings. The molecule has 7 heteroatoms. The number of nitrogens with one attached hydrogen (secondary N) is 2. The van der Waals surface area contributed by atoms with Gasteiger partial charge < -0.3 is 16.4 Å². The van der Waals surface area contributed by atoms with Gasteiger partial charge in [0.15, 0.2) is 0 Å². The summed E-state index contributed by atoms with van der Waals surface area (Å²) in [6, 6.07) is 22.9. The first kappa shape index (κ1) is 23.5. The Morgan fingerprint density at radius 1 is 1.06 bits per heavy atom. The molecule has 0 aliphatic heterocycles. The minimum atomic E-state index is -0.0550. The highest BCUT2D eigenvalue weighted by Gasteiger charge is 2.21. The number of thioether (sulfide) groups is 1. The minimum absolute atomic E-state index is 0.0550. The van der Waals surface area contributed by atoms with Gasteiger partial charge in [0, 0.05) is 40.8 Å². The van der Waals surface area contributed by atoms with Crippen molar-refractivity contribution >= 4 is 29.1 Å². The van der Waals surface area contributed by atoms with Crippen molar-refractivity contribution in [1.29, 1.82) is 0 Å². The van der Waals surface area contributed by atoms with Gasteiger partial charge >= 0.3 is 0 Å². The Morgan fingerprint density at radius 2 is 1.80 bits per heavy atom. The van der Waals surface area contributed by atoms with E-state index in [2.05, 4.69) is 53.3 Å². The Hall–Kier alpha value is -3.29. The summed E-state index contributed by atoms with van der Waals surface area (Å²) >= 11 is 1.72. The minimum Gasteiger partial charge on any atom is -0.365 e. The highest BCUT2D eigenvalue weighted by atomic mass is 32.2. The molecule has 35 heavy (non-hydrogen) atoms. The average molecular weight is 486 g/mol. The molecule has 1 aliphatic rings. The fourth-order valence-electron chi connectivity index (χ4n) is 4.62. The van der Waals surface area contributed by atoms with Gasteiger partial charge in [-0.25, -0.2) is 4.98 Å². The highest BCUT2D eigenvalue weighted by molar-refractivity contribution is 7.98. The first-order chi connectivity index (χ1) is 17.1. The van der Waals surface area contributed by atoms with Crippen molar-refractivity contribution in [3.05, 3.63) is 84.1 Å². The summed E-state index contributed by atoms with van der Waals surface area (Å²) < 4.78 is 2.02. The summed E-state index contributed by atoms with van der Waals surface area (Å²) in [5.74, 6) is 0.856. The van der Waals surface area contributed by atoms with Crippen LogP contribution in [0.2, 0.25) is 0 Å². The number of rotatable bonds is 7. The van der Waals surface area contributed by atoms with Gasteiger partial charge in [-0.2, -0.15) is 0 Å². The third-order valence-electron chi connectivity index (χ3n) is 6.66. The molecule has 1 saturated carbocycles. The van der Waals surface area contributed by atoms with Gasteiger partial charge in [-0.15, -0.1) is 11.8 Å². The van der Waals surface area contributed by atoms with E-state index in [1.54, 1.807) is 11.8 Å². The number of carbonyl (C=O) groups excluding carboxylic acids is 1. The van der Waals surface area contributed by atoms with Crippen molar-refractivity contribution in [2.24, 2.45) is 5.73 Å². The van der Waals surface area contributed by atoms with E-state index < -0.39 is 0 Å². The van der Waals surface area contributed by atoms with Gasteiger partial charge in [0.05, 0.1) is 0 Å². The fourth-order valence-corrected chi connectivity index (χ4v) is 5.03. The molecule has 0 bridgehead atoms. The molecule has 2 aromatic heterocycles.